The number of para-hydroxylation sites is 1. The summed E-state index contributed by atoms with van der Waals surface area (Å²) in [5.41, 5.74) is 2.31. The molecule has 0 saturated heterocycles. The summed E-state index contributed by atoms with van der Waals surface area (Å²) in [4.78, 5) is 26.4. The van der Waals surface area contributed by atoms with Crippen molar-refractivity contribution in [2.45, 2.75) is 12.5 Å². The van der Waals surface area contributed by atoms with Crippen LogP contribution in [0.2, 0.25) is 5.02 Å². The molecule has 2 aromatic carbocycles. The van der Waals surface area contributed by atoms with Gasteiger partial charge in [-0.1, -0.05) is 35.9 Å². The van der Waals surface area contributed by atoms with E-state index in [1.54, 1.807) is 31.3 Å². The SMILES string of the molecule is CNC(=O)[C@@H]1Cc2ccccc2N1C(=O)Nc1cccc(Cl)c1. The summed E-state index contributed by atoms with van der Waals surface area (Å²) >= 11 is 5.94. The predicted octanol–water partition coefficient (Wildman–Crippen LogP) is 3.05. The Labute approximate surface area is 139 Å². The van der Waals surface area contributed by atoms with Crippen LogP contribution in [0.5, 0.6) is 0 Å². The Balaban J connectivity index is 1.90. The van der Waals surface area contributed by atoms with Crippen LogP contribution in [0.3, 0.4) is 0 Å². The van der Waals surface area contributed by atoms with Crippen molar-refractivity contribution in [3.8, 4) is 0 Å². The number of amides is 3. The molecule has 2 N–H and O–H groups in total. The number of benzene rings is 2. The zero-order valence-corrected chi connectivity index (χ0v) is 13.3. The van der Waals surface area contributed by atoms with E-state index < -0.39 is 6.04 Å². The summed E-state index contributed by atoms with van der Waals surface area (Å²) in [6, 6.07) is 13.5. The lowest BCUT2D eigenvalue weighted by atomic mass is 10.1. The van der Waals surface area contributed by atoms with Gasteiger partial charge < -0.3 is 10.6 Å². The fourth-order valence-corrected chi connectivity index (χ4v) is 2.95. The summed E-state index contributed by atoms with van der Waals surface area (Å²) in [5.74, 6) is -0.192. The largest absolute Gasteiger partial charge is 0.357 e. The monoisotopic (exact) mass is 329 g/mol. The second-order valence-electron chi connectivity index (χ2n) is 5.27. The van der Waals surface area contributed by atoms with E-state index in [9.17, 15) is 9.59 Å². The average Bonchev–Trinajstić information content (AvgIpc) is 2.93. The number of carbonyl (C=O) groups excluding carboxylic acids is 2. The molecular weight excluding hydrogens is 314 g/mol. The highest BCUT2D eigenvalue weighted by Crippen LogP contribution is 2.32. The van der Waals surface area contributed by atoms with Crippen molar-refractivity contribution in [3.63, 3.8) is 0 Å². The van der Waals surface area contributed by atoms with E-state index in [0.29, 0.717) is 17.1 Å². The van der Waals surface area contributed by atoms with Crippen LogP contribution in [0.25, 0.3) is 0 Å². The quantitative estimate of drug-likeness (QED) is 0.889. The van der Waals surface area contributed by atoms with Crippen molar-refractivity contribution < 1.29 is 9.59 Å². The molecule has 0 bridgehead atoms. The maximum atomic E-state index is 12.7. The van der Waals surface area contributed by atoms with Crippen LogP contribution in [-0.4, -0.2) is 25.0 Å². The third kappa shape index (κ3) is 3.00. The first-order valence-corrected chi connectivity index (χ1v) is 7.63. The number of hydrogen-bond donors (Lipinski definition) is 2. The van der Waals surface area contributed by atoms with E-state index in [2.05, 4.69) is 10.6 Å². The minimum absolute atomic E-state index is 0.192. The molecule has 0 radical (unpaired) electrons. The van der Waals surface area contributed by atoms with Gasteiger partial charge in [0.05, 0.1) is 0 Å². The van der Waals surface area contributed by atoms with Gasteiger partial charge in [-0.2, -0.15) is 0 Å². The van der Waals surface area contributed by atoms with Crippen LogP contribution < -0.4 is 15.5 Å². The van der Waals surface area contributed by atoms with Gasteiger partial charge in [0, 0.05) is 29.9 Å². The first-order valence-electron chi connectivity index (χ1n) is 7.25. The highest BCUT2D eigenvalue weighted by Gasteiger charge is 2.37. The van der Waals surface area contributed by atoms with E-state index >= 15 is 0 Å². The number of carbonyl (C=O) groups is 2. The molecule has 2 aromatic rings. The van der Waals surface area contributed by atoms with Crippen LogP contribution in [0.15, 0.2) is 48.5 Å². The van der Waals surface area contributed by atoms with Gasteiger partial charge >= 0.3 is 6.03 Å². The van der Waals surface area contributed by atoms with Crippen LogP contribution in [-0.2, 0) is 11.2 Å². The lowest BCUT2D eigenvalue weighted by Crippen LogP contribution is -2.48. The van der Waals surface area contributed by atoms with Crippen molar-refractivity contribution in [2.24, 2.45) is 0 Å². The van der Waals surface area contributed by atoms with Gasteiger partial charge in [0.2, 0.25) is 5.91 Å². The molecule has 0 spiro atoms. The molecule has 0 fully saturated rings. The molecule has 1 aliphatic heterocycles. The number of hydrogen-bond acceptors (Lipinski definition) is 2. The number of likely N-dealkylation sites (N-methyl/N-ethyl adjacent to an activating group) is 1. The molecule has 1 atom stereocenters. The minimum Gasteiger partial charge on any atom is -0.357 e. The van der Waals surface area contributed by atoms with Gasteiger partial charge in [-0.3, -0.25) is 9.69 Å². The fourth-order valence-electron chi connectivity index (χ4n) is 2.76. The van der Waals surface area contributed by atoms with Gasteiger partial charge in [-0.25, -0.2) is 4.79 Å². The summed E-state index contributed by atoms with van der Waals surface area (Å²) < 4.78 is 0. The van der Waals surface area contributed by atoms with Crippen LogP contribution >= 0.6 is 11.6 Å². The average molecular weight is 330 g/mol. The molecular formula is C17H16ClN3O2. The number of fused-ring (bicyclic) bond motifs is 1. The van der Waals surface area contributed by atoms with Gasteiger partial charge in [0.25, 0.3) is 0 Å². The molecule has 1 heterocycles. The minimum atomic E-state index is -0.559. The number of nitrogens with zero attached hydrogens (tertiary/aromatic N) is 1. The van der Waals surface area contributed by atoms with Gasteiger partial charge in [0.15, 0.2) is 0 Å². The van der Waals surface area contributed by atoms with Gasteiger partial charge in [0.1, 0.15) is 6.04 Å². The number of anilines is 2. The number of halogens is 1. The van der Waals surface area contributed by atoms with Crippen molar-refractivity contribution in [1.82, 2.24) is 5.32 Å². The highest BCUT2D eigenvalue weighted by atomic mass is 35.5. The molecule has 0 unspecified atom stereocenters. The first kappa shape index (κ1) is 15.4. The number of urea groups is 1. The second-order valence-corrected chi connectivity index (χ2v) is 5.71. The Morgan fingerprint density at radius 2 is 1.96 bits per heavy atom. The van der Waals surface area contributed by atoms with E-state index in [4.69, 9.17) is 11.6 Å². The molecule has 0 aliphatic carbocycles. The number of nitrogens with one attached hydrogen (secondary N) is 2. The Morgan fingerprint density at radius 1 is 1.17 bits per heavy atom. The summed E-state index contributed by atoms with van der Waals surface area (Å²) in [6.45, 7) is 0. The van der Waals surface area contributed by atoms with E-state index in [1.807, 2.05) is 24.3 Å². The zero-order chi connectivity index (χ0) is 16.4. The molecule has 1 aliphatic rings. The van der Waals surface area contributed by atoms with Crippen molar-refractivity contribution in [1.29, 1.82) is 0 Å². The second kappa shape index (κ2) is 6.30. The maximum Gasteiger partial charge on any atom is 0.327 e. The molecule has 5 nitrogen and oxygen atoms in total. The highest BCUT2D eigenvalue weighted by molar-refractivity contribution is 6.31. The Kier molecular flexibility index (Phi) is 4.21. The van der Waals surface area contributed by atoms with Crippen LogP contribution in [0.1, 0.15) is 5.56 Å². The van der Waals surface area contributed by atoms with E-state index in [-0.39, 0.29) is 11.9 Å². The molecule has 6 heteroatoms. The Hall–Kier alpha value is -2.53. The van der Waals surface area contributed by atoms with Gasteiger partial charge in [-0.05, 0) is 29.8 Å². The molecule has 0 aromatic heterocycles. The predicted molar refractivity (Wildman–Crippen MR) is 91.0 cm³/mol. The standard InChI is InChI=1S/C17H16ClN3O2/c1-19-16(22)15-9-11-5-2-3-8-14(11)21(15)17(23)20-13-7-4-6-12(18)10-13/h2-8,10,15H,9H2,1H3,(H,19,22)(H,20,23)/t15-/m0/s1. The van der Waals surface area contributed by atoms with Crippen LogP contribution in [0.4, 0.5) is 16.2 Å². The molecule has 23 heavy (non-hydrogen) atoms. The maximum absolute atomic E-state index is 12.7. The van der Waals surface area contributed by atoms with E-state index in [0.717, 1.165) is 11.3 Å². The first-order chi connectivity index (χ1) is 11.1. The molecule has 0 saturated carbocycles. The lowest BCUT2D eigenvalue weighted by molar-refractivity contribution is -0.121. The fraction of sp³-hybridized carbons (Fsp3) is 0.176. The normalized spacial score (nSPS) is 15.9. The Morgan fingerprint density at radius 3 is 2.70 bits per heavy atom. The van der Waals surface area contributed by atoms with Crippen molar-refractivity contribution >= 4 is 34.9 Å². The Bertz CT molecular complexity index is 763. The van der Waals surface area contributed by atoms with Crippen molar-refractivity contribution in [3.05, 3.63) is 59.1 Å². The topological polar surface area (TPSA) is 61.4 Å². The summed E-state index contributed by atoms with van der Waals surface area (Å²) in [7, 11) is 1.57. The lowest BCUT2D eigenvalue weighted by Gasteiger charge is -2.24. The molecule has 3 rings (SSSR count). The summed E-state index contributed by atoms with van der Waals surface area (Å²) in [6.07, 6.45) is 0.499. The van der Waals surface area contributed by atoms with E-state index in [1.165, 1.54) is 4.90 Å². The smallest absolute Gasteiger partial charge is 0.327 e. The van der Waals surface area contributed by atoms with Crippen LogP contribution in [0, 0.1) is 0 Å². The number of rotatable bonds is 2. The molecule has 3 amide bonds. The third-order valence-electron chi connectivity index (χ3n) is 3.82. The van der Waals surface area contributed by atoms with Crippen molar-refractivity contribution in [2.75, 3.05) is 17.3 Å². The van der Waals surface area contributed by atoms with Gasteiger partial charge in [-0.15, -0.1) is 0 Å². The molecule has 118 valence electrons. The summed E-state index contributed by atoms with van der Waals surface area (Å²) in [5, 5.41) is 5.95. The third-order valence-corrected chi connectivity index (χ3v) is 4.05. The zero-order valence-electron chi connectivity index (χ0n) is 12.5.